The van der Waals surface area contributed by atoms with Crippen LogP contribution in [0.15, 0.2) is 9.98 Å². The van der Waals surface area contributed by atoms with Crippen LogP contribution in [0.5, 0.6) is 0 Å². The van der Waals surface area contributed by atoms with E-state index in [1.165, 1.54) is 25.3 Å². The highest BCUT2D eigenvalue weighted by atomic mass is 16.1. The largest absolute Gasteiger partial charge is 0.234 e. The number of isocyanates is 2. The van der Waals surface area contributed by atoms with Crippen molar-refractivity contribution in [2.75, 3.05) is 13.1 Å². The van der Waals surface area contributed by atoms with Crippen molar-refractivity contribution in [1.82, 2.24) is 0 Å². The molecule has 0 bridgehead atoms. The molecule has 0 aliphatic heterocycles. The lowest BCUT2D eigenvalue weighted by atomic mass is 10.0. The summed E-state index contributed by atoms with van der Waals surface area (Å²) in [4.78, 5) is 26.7. The molecule has 0 aliphatic rings. The molecule has 0 aliphatic carbocycles. The number of nitrogens with zero attached hydrogens (tertiary/aromatic N) is 2. The summed E-state index contributed by atoms with van der Waals surface area (Å²) in [5.74, 6) is 0.473. The molecule has 0 rings (SSSR count). The quantitative estimate of drug-likeness (QED) is 0.325. The van der Waals surface area contributed by atoms with E-state index in [-0.39, 0.29) is 0 Å². The predicted molar refractivity (Wildman–Crippen MR) is 62.8 cm³/mol. The molecule has 0 saturated heterocycles. The first-order valence-electron chi connectivity index (χ1n) is 5.88. The molecular weight excluding hydrogens is 204 g/mol. The van der Waals surface area contributed by atoms with E-state index in [1.54, 1.807) is 6.08 Å². The van der Waals surface area contributed by atoms with Crippen LogP contribution in [0.25, 0.3) is 0 Å². The lowest BCUT2D eigenvalue weighted by Crippen LogP contribution is -1.98. The summed E-state index contributed by atoms with van der Waals surface area (Å²) in [5.41, 5.74) is 0. The highest BCUT2D eigenvalue weighted by Gasteiger charge is 2.00. The van der Waals surface area contributed by atoms with E-state index in [4.69, 9.17) is 0 Å². The third-order valence-electron chi connectivity index (χ3n) is 2.50. The fourth-order valence-corrected chi connectivity index (χ4v) is 1.54. The summed E-state index contributed by atoms with van der Waals surface area (Å²) >= 11 is 0. The van der Waals surface area contributed by atoms with E-state index >= 15 is 0 Å². The molecule has 0 aromatic heterocycles. The third-order valence-corrected chi connectivity index (χ3v) is 2.50. The van der Waals surface area contributed by atoms with E-state index in [1.807, 2.05) is 0 Å². The van der Waals surface area contributed by atoms with Crippen molar-refractivity contribution in [3.8, 4) is 0 Å². The lowest BCUT2D eigenvalue weighted by molar-refractivity contribution is 0.489. The summed E-state index contributed by atoms with van der Waals surface area (Å²) in [6, 6.07) is 0. The van der Waals surface area contributed by atoms with Crippen LogP contribution in [-0.4, -0.2) is 25.2 Å². The van der Waals surface area contributed by atoms with E-state index < -0.39 is 0 Å². The molecule has 4 nitrogen and oxygen atoms in total. The molecule has 1 atom stereocenters. The first-order valence-corrected chi connectivity index (χ1v) is 5.88. The molecule has 1 unspecified atom stereocenters. The van der Waals surface area contributed by atoms with Crippen molar-refractivity contribution in [3.05, 3.63) is 0 Å². The van der Waals surface area contributed by atoms with Crippen LogP contribution < -0.4 is 0 Å². The van der Waals surface area contributed by atoms with E-state index in [9.17, 15) is 9.59 Å². The van der Waals surface area contributed by atoms with Gasteiger partial charge in [-0.2, -0.15) is 0 Å². The van der Waals surface area contributed by atoms with Crippen molar-refractivity contribution < 1.29 is 9.59 Å². The van der Waals surface area contributed by atoms with Gasteiger partial charge in [0, 0.05) is 0 Å². The summed E-state index contributed by atoms with van der Waals surface area (Å²) in [6.45, 7) is 3.30. The third kappa shape index (κ3) is 10.8. The van der Waals surface area contributed by atoms with Crippen LogP contribution in [0.3, 0.4) is 0 Å². The van der Waals surface area contributed by atoms with Gasteiger partial charge in [-0.1, -0.05) is 32.6 Å². The molecule has 0 fully saturated rings. The molecule has 0 spiro atoms. The molecule has 0 N–H and O–H groups in total. The maximum atomic E-state index is 9.88. The SMILES string of the molecule is CC(CCCCCCCN=C=O)CN=C=O. The van der Waals surface area contributed by atoms with Crippen molar-refractivity contribution in [2.24, 2.45) is 15.9 Å². The summed E-state index contributed by atoms with van der Waals surface area (Å²) in [5, 5.41) is 0. The molecule has 4 heteroatoms. The summed E-state index contributed by atoms with van der Waals surface area (Å²) in [7, 11) is 0. The Bertz CT molecular complexity index is 254. The first-order chi connectivity index (χ1) is 7.81. The number of carbonyl (C=O) groups excluding carboxylic acids is 2. The number of hydrogen-bond acceptors (Lipinski definition) is 4. The fraction of sp³-hybridized carbons (Fsp3) is 0.833. The van der Waals surface area contributed by atoms with Gasteiger partial charge in [-0.05, 0) is 18.8 Å². The molecule has 90 valence electrons. The van der Waals surface area contributed by atoms with Crippen molar-refractivity contribution in [1.29, 1.82) is 0 Å². The topological polar surface area (TPSA) is 58.9 Å². The van der Waals surface area contributed by atoms with Gasteiger partial charge in [0.2, 0.25) is 12.2 Å². The van der Waals surface area contributed by atoms with Crippen LogP contribution in [-0.2, 0) is 9.59 Å². The van der Waals surface area contributed by atoms with Crippen molar-refractivity contribution >= 4 is 12.2 Å². The van der Waals surface area contributed by atoms with Gasteiger partial charge in [0.15, 0.2) is 0 Å². The Kier molecular flexibility index (Phi) is 10.9. The second-order valence-electron chi connectivity index (χ2n) is 4.07. The monoisotopic (exact) mass is 224 g/mol. The Morgan fingerprint density at radius 2 is 1.56 bits per heavy atom. The smallest absolute Gasteiger partial charge is 0.211 e. The predicted octanol–water partition coefficient (Wildman–Crippen LogP) is 2.63. The van der Waals surface area contributed by atoms with E-state index in [0.29, 0.717) is 19.0 Å². The zero-order chi connectivity index (χ0) is 12.1. The molecule has 0 saturated carbocycles. The normalized spacial score (nSPS) is 11.3. The summed E-state index contributed by atoms with van der Waals surface area (Å²) < 4.78 is 0. The number of rotatable bonds is 10. The zero-order valence-corrected chi connectivity index (χ0v) is 9.95. The molecule has 0 aromatic rings. The maximum Gasteiger partial charge on any atom is 0.234 e. The van der Waals surface area contributed by atoms with E-state index in [2.05, 4.69) is 16.9 Å². The average Bonchev–Trinajstić information content (AvgIpc) is 2.30. The van der Waals surface area contributed by atoms with Crippen molar-refractivity contribution in [3.63, 3.8) is 0 Å². The van der Waals surface area contributed by atoms with Gasteiger partial charge >= 0.3 is 0 Å². The number of hydrogen-bond donors (Lipinski definition) is 0. The molecule has 0 amide bonds. The molecule has 16 heavy (non-hydrogen) atoms. The number of aliphatic imine (C=N–C) groups is 2. The maximum absolute atomic E-state index is 9.88. The Morgan fingerprint density at radius 3 is 2.25 bits per heavy atom. The Hall–Kier alpha value is -1.24. The lowest BCUT2D eigenvalue weighted by Gasteiger charge is -2.06. The van der Waals surface area contributed by atoms with Crippen LogP contribution in [0.2, 0.25) is 0 Å². The number of unbranched alkanes of at least 4 members (excludes halogenated alkanes) is 4. The van der Waals surface area contributed by atoms with Gasteiger partial charge in [-0.3, -0.25) is 0 Å². The van der Waals surface area contributed by atoms with Gasteiger partial charge in [-0.25, -0.2) is 19.6 Å². The minimum atomic E-state index is 0.473. The van der Waals surface area contributed by atoms with Crippen LogP contribution in [0.4, 0.5) is 0 Å². The minimum absolute atomic E-state index is 0.473. The van der Waals surface area contributed by atoms with Crippen LogP contribution in [0, 0.1) is 5.92 Å². The zero-order valence-electron chi connectivity index (χ0n) is 9.95. The first kappa shape index (κ1) is 14.8. The molecule has 0 heterocycles. The second kappa shape index (κ2) is 11.8. The van der Waals surface area contributed by atoms with Crippen LogP contribution in [0.1, 0.15) is 45.4 Å². The van der Waals surface area contributed by atoms with E-state index in [0.717, 1.165) is 19.3 Å². The van der Waals surface area contributed by atoms with Gasteiger partial charge < -0.3 is 0 Å². The molecular formula is C12H20N2O2. The van der Waals surface area contributed by atoms with Gasteiger partial charge in [-0.15, -0.1) is 0 Å². The standard InChI is InChI=1S/C12H20N2O2/c1-12(9-14-11-16)7-5-3-2-4-6-8-13-10-15/h12H,2-9H2,1H3. The Labute approximate surface area is 96.9 Å². The van der Waals surface area contributed by atoms with Crippen molar-refractivity contribution in [2.45, 2.75) is 45.4 Å². The Morgan fingerprint density at radius 1 is 0.938 bits per heavy atom. The van der Waals surface area contributed by atoms with Gasteiger partial charge in [0.05, 0.1) is 13.1 Å². The highest BCUT2D eigenvalue weighted by Crippen LogP contribution is 2.11. The second-order valence-corrected chi connectivity index (χ2v) is 4.07. The minimum Gasteiger partial charge on any atom is -0.211 e. The fourth-order valence-electron chi connectivity index (χ4n) is 1.54. The molecule has 0 aromatic carbocycles. The highest BCUT2D eigenvalue weighted by molar-refractivity contribution is 5.32. The van der Waals surface area contributed by atoms with Gasteiger partial charge in [0.1, 0.15) is 0 Å². The molecule has 0 radical (unpaired) electrons. The van der Waals surface area contributed by atoms with Gasteiger partial charge in [0.25, 0.3) is 0 Å². The Balaban J connectivity index is 3.19. The average molecular weight is 224 g/mol. The van der Waals surface area contributed by atoms with Crippen LogP contribution >= 0.6 is 0 Å². The summed E-state index contributed by atoms with van der Waals surface area (Å²) in [6.07, 6.45) is 9.84.